The molecular weight excluding hydrogens is 360 g/mol. The Morgan fingerprint density at radius 3 is 1.31 bits per heavy atom. The van der Waals surface area contributed by atoms with E-state index < -0.39 is 23.4 Å². The molecule has 4 aliphatic rings. The zero-order valence-corrected chi connectivity index (χ0v) is 19.4. The minimum atomic E-state index is -0.965. The van der Waals surface area contributed by atoms with E-state index in [1.165, 1.54) is 12.8 Å². The SMILES string of the molecule is C=CC(OC(C=C)[C@@]1(O)C[C@H]2CC[C@]1(C)C2(C)C)[C@@]1(O)C[C@H]2CC[C@]1(C)C2(C)C. The predicted octanol–water partition coefficient (Wildman–Crippen LogP) is 5.27. The minimum absolute atomic E-state index is 0.0628. The average molecular weight is 403 g/mol. The highest BCUT2D eigenvalue weighted by Gasteiger charge is 2.73. The fraction of sp³-hybridized carbons (Fsp3) is 0.846. The molecule has 3 nitrogen and oxygen atoms in total. The molecule has 4 aliphatic carbocycles. The second-order valence-electron chi connectivity index (χ2n) is 12.3. The van der Waals surface area contributed by atoms with Crippen molar-refractivity contribution in [3.05, 3.63) is 25.3 Å². The zero-order valence-electron chi connectivity index (χ0n) is 19.4. The molecule has 0 aliphatic heterocycles. The van der Waals surface area contributed by atoms with Gasteiger partial charge < -0.3 is 14.9 Å². The maximum absolute atomic E-state index is 12.0. The molecule has 4 fully saturated rings. The predicted molar refractivity (Wildman–Crippen MR) is 117 cm³/mol. The van der Waals surface area contributed by atoms with Gasteiger partial charge in [-0.1, -0.05) is 53.7 Å². The molecule has 2 N–H and O–H groups in total. The monoisotopic (exact) mass is 402 g/mol. The number of rotatable bonds is 6. The molecule has 0 heterocycles. The normalized spacial score (nSPS) is 51.2. The molecule has 0 amide bonds. The van der Waals surface area contributed by atoms with Gasteiger partial charge in [-0.05, 0) is 61.2 Å². The Morgan fingerprint density at radius 2 is 1.10 bits per heavy atom. The number of hydrogen-bond donors (Lipinski definition) is 2. The van der Waals surface area contributed by atoms with E-state index in [-0.39, 0.29) is 21.7 Å². The quantitative estimate of drug-likeness (QED) is 0.595. The molecule has 3 heteroatoms. The lowest BCUT2D eigenvalue weighted by Gasteiger charge is -2.52. The van der Waals surface area contributed by atoms with Crippen molar-refractivity contribution in [1.82, 2.24) is 0 Å². The van der Waals surface area contributed by atoms with Gasteiger partial charge in [-0.15, -0.1) is 13.2 Å². The molecule has 8 atom stereocenters. The van der Waals surface area contributed by atoms with Crippen molar-refractivity contribution < 1.29 is 14.9 Å². The first-order valence-electron chi connectivity index (χ1n) is 11.6. The summed E-state index contributed by atoms with van der Waals surface area (Å²) in [6, 6.07) is 0. The minimum Gasteiger partial charge on any atom is -0.386 e. The van der Waals surface area contributed by atoms with Gasteiger partial charge in [0.25, 0.3) is 0 Å². The first kappa shape index (κ1) is 21.6. The molecule has 2 unspecified atom stereocenters. The van der Waals surface area contributed by atoms with E-state index in [4.69, 9.17) is 4.74 Å². The molecule has 0 aromatic rings. The molecule has 164 valence electrons. The van der Waals surface area contributed by atoms with Gasteiger partial charge in [0.2, 0.25) is 0 Å². The van der Waals surface area contributed by atoms with Gasteiger partial charge in [0.1, 0.15) is 23.4 Å². The summed E-state index contributed by atoms with van der Waals surface area (Å²) < 4.78 is 6.61. The van der Waals surface area contributed by atoms with Crippen LogP contribution in [0, 0.1) is 33.5 Å². The second kappa shape index (κ2) is 5.99. The third-order valence-electron chi connectivity index (χ3n) is 11.6. The third-order valence-corrected chi connectivity index (χ3v) is 11.6. The van der Waals surface area contributed by atoms with E-state index in [0.29, 0.717) is 11.8 Å². The van der Waals surface area contributed by atoms with Crippen LogP contribution < -0.4 is 0 Å². The Labute approximate surface area is 177 Å². The van der Waals surface area contributed by atoms with E-state index in [9.17, 15) is 10.2 Å². The van der Waals surface area contributed by atoms with Crippen molar-refractivity contribution in [2.45, 2.75) is 103 Å². The Balaban J connectivity index is 1.66. The van der Waals surface area contributed by atoms with Gasteiger partial charge in [-0.3, -0.25) is 0 Å². The van der Waals surface area contributed by atoms with E-state index in [0.717, 1.165) is 25.7 Å². The van der Waals surface area contributed by atoms with Crippen molar-refractivity contribution in [2.24, 2.45) is 33.5 Å². The van der Waals surface area contributed by atoms with Gasteiger partial charge in [0.05, 0.1) is 0 Å². The van der Waals surface area contributed by atoms with Crippen LogP contribution in [-0.4, -0.2) is 33.6 Å². The van der Waals surface area contributed by atoms with Crippen LogP contribution in [-0.2, 0) is 4.74 Å². The number of aliphatic hydroxyl groups is 2. The summed E-state index contributed by atoms with van der Waals surface area (Å²) in [5.41, 5.74) is -2.26. The molecular formula is C26H42O3. The Hall–Kier alpha value is -0.640. The molecule has 29 heavy (non-hydrogen) atoms. The van der Waals surface area contributed by atoms with Gasteiger partial charge in [0, 0.05) is 10.8 Å². The van der Waals surface area contributed by atoms with Crippen LogP contribution in [0.4, 0.5) is 0 Å². The van der Waals surface area contributed by atoms with Crippen molar-refractivity contribution in [3.8, 4) is 0 Å². The van der Waals surface area contributed by atoms with Crippen LogP contribution in [0.1, 0.15) is 80.1 Å². The smallest absolute Gasteiger partial charge is 0.105 e. The third kappa shape index (κ3) is 2.20. The van der Waals surface area contributed by atoms with Crippen LogP contribution in [0.2, 0.25) is 0 Å². The molecule has 0 aromatic heterocycles. The Kier molecular flexibility index (Phi) is 4.46. The topological polar surface area (TPSA) is 49.7 Å². The highest BCUT2D eigenvalue weighted by Crippen LogP contribution is 2.72. The standard InChI is InChI=1S/C26H42O3/c1-9-19(25(27)15-17-11-13-23(25,7)21(17,3)4)29-20(10-2)26(28)16-18-12-14-24(26,8)22(18,5)6/h9-10,17-20,27-28H,1-2,11-16H2,3-8H3/t17-,18-,19?,20?,23-,24-,25+,26+/m1/s1. The van der Waals surface area contributed by atoms with Gasteiger partial charge in [0.15, 0.2) is 0 Å². The van der Waals surface area contributed by atoms with Crippen LogP contribution in [0.15, 0.2) is 25.3 Å². The summed E-state index contributed by atoms with van der Waals surface area (Å²) in [5.74, 6) is 0.987. The van der Waals surface area contributed by atoms with Crippen LogP contribution in [0.5, 0.6) is 0 Å². The number of fused-ring (bicyclic) bond motifs is 4. The highest BCUT2D eigenvalue weighted by molar-refractivity contribution is 5.25. The van der Waals surface area contributed by atoms with E-state index >= 15 is 0 Å². The number of hydrogen-bond acceptors (Lipinski definition) is 3. The molecule has 0 spiro atoms. The number of ether oxygens (including phenoxy) is 1. The molecule has 0 radical (unpaired) electrons. The molecule has 0 aromatic carbocycles. The lowest BCUT2D eigenvalue weighted by atomic mass is 9.61. The van der Waals surface area contributed by atoms with E-state index in [1.54, 1.807) is 12.2 Å². The van der Waals surface area contributed by atoms with Gasteiger partial charge in [-0.25, -0.2) is 0 Å². The summed E-state index contributed by atoms with van der Waals surface area (Å²) in [6.07, 6.45) is 8.31. The van der Waals surface area contributed by atoms with E-state index in [1.807, 2.05) is 0 Å². The molecule has 4 bridgehead atoms. The zero-order chi connectivity index (χ0) is 21.7. The molecule has 4 rings (SSSR count). The van der Waals surface area contributed by atoms with Gasteiger partial charge in [-0.2, -0.15) is 0 Å². The lowest BCUT2D eigenvalue weighted by molar-refractivity contribution is -0.220. The summed E-state index contributed by atoms with van der Waals surface area (Å²) in [7, 11) is 0. The molecule has 0 saturated heterocycles. The lowest BCUT2D eigenvalue weighted by Crippen LogP contribution is -2.60. The van der Waals surface area contributed by atoms with Crippen molar-refractivity contribution in [3.63, 3.8) is 0 Å². The fourth-order valence-electron chi connectivity index (χ4n) is 8.40. The van der Waals surface area contributed by atoms with Crippen molar-refractivity contribution in [2.75, 3.05) is 0 Å². The summed E-state index contributed by atoms with van der Waals surface area (Å²) in [4.78, 5) is 0. The fourth-order valence-corrected chi connectivity index (χ4v) is 8.40. The largest absolute Gasteiger partial charge is 0.386 e. The van der Waals surface area contributed by atoms with Crippen molar-refractivity contribution in [1.29, 1.82) is 0 Å². The summed E-state index contributed by atoms with van der Waals surface area (Å²) in [5, 5.41) is 24.0. The Bertz CT molecular complexity index is 665. The van der Waals surface area contributed by atoms with E-state index in [2.05, 4.69) is 54.7 Å². The van der Waals surface area contributed by atoms with Gasteiger partial charge >= 0.3 is 0 Å². The molecule has 4 saturated carbocycles. The first-order chi connectivity index (χ1) is 13.2. The summed E-state index contributed by atoms with van der Waals surface area (Å²) in [6.45, 7) is 21.7. The Morgan fingerprint density at radius 1 is 0.759 bits per heavy atom. The van der Waals surface area contributed by atoms with Crippen LogP contribution in [0.25, 0.3) is 0 Å². The summed E-state index contributed by atoms with van der Waals surface area (Å²) >= 11 is 0. The average Bonchev–Trinajstić information content (AvgIpc) is 3.13. The second-order valence-corrected chi connectivity index (χ2v) is 12.3. The van der Waals surface area contributed by atoms with Crippen LogP contribution >= 0.6 is 0 Å². The van der Waals surface area contributed by atoms with Crippen molar-refractivity contribution >= 4 is 0 Å². The highest BCUT2D eigenvalue weighted by atomic mass is 16.5. The van der Waals surface area contributed by atoms with Crippen LogP contribution in [0.3, 0.4) is 0 Å². The maximum atomic E-state index is 12.0. The maximum Gasteiger partial charge on any atom is 0.105 e. The first-order valence-corrected chi connectivity index (χ1v) is 11.6.